The fourth-order valence-corrected chi connectivity index (χ4v) is 7.00. The SMILES string of the molecule is Cc1ccc(S(=O)(=O)N2CCN(S(=O)(=O)c3ccc(C)cc3)C(CBr)C2)cc1. The maximum absolute atomic E-state index is 13.1. The highest BCUT2D eigenvalue weighted by Crippen LogP contribution is 2.26. The summed E-state index contributed by atoms with van der Waals surface area (Å²) in [4.78, 5) is 0.445. The van der Waals surface area contributed by atoms with Crippen molar-refractivity contribution >= 4 is 36.0 Å². The predicted molar refractivity (Wildman–Crippen MR) is 113 cm³/mol. The van der Waals surface area contributed by atoms with Gasteiger partial charge in [-0.25, -0.2) is 16.8 Å². The molecule has 2 aromatic carbocycles. The number of aryl methyl sites for hydroxylation is 2. The first-order valence-corrected chi connectivity index (χ1v) is 12.9. The fraction of sp³-hybridized carbons (Fsp3) is 0.368. The van der Waals surface area contributed by atoms with E-state index in [1.54, 1.807) is 48.5 Å². The summed E-state index contributed by atoms with van der Waals surface area (Å²) >= 11 is 3.36. The zero-order valence-electron chi connectivity index (χ0n) is 15.7. The van der Waals surface area contributed by atoms with Gasteiger partial charge in [0.25, 0.3) is 0 Å². The monoisotopic (exact) mass is 486 g/mol. The summed E-state index contributed by atoms with van der Waals surface area (Å²) in [6, 6.07) is 12.9. The van der Waals surface area contributed by atoms with Gasteiger partial charge in [-0.05, 0) is 38.1 Å². The predicted octanol–water partition coefficient (Wildman–Crippen LogP) is 2.76. The third-order valence-electron chi connectivity index (χ3n) is 4.86. The molecule has 6 nitrogen and oxygen atoms in total. The van der Waals surface area contributed by atoms with Crippen molar-refractivity contribution in [3.63, 3.8) is 0 Å². The molecule has 1 aliphatic heterocycles. The lowest BCUT2D eigenvalue weighted by atomic mass is 10.2. The van der Waals surface area contributed by atoms with Crippen molar-refractivity contribution < 1.29 is 16.8 Å². The average molecular weight is 487 g/mol. The minimum Gasteiger partial charge on any atom is -0.207 e. The van der Waals surface area contributed by atoms with Gasteiger partial charge in [0.05, 0.1) is 9.79 Å². The number of hydrogen-bond donors (Lipinski definition) is 0. The molecule has 1 atom stereocenters. The van der Waals surface area contributed by atoms with Gasteiger partial charge in [0, 0.05) is 31.0 Å². The normalized spacial score (nSPS) is 19.6. The Morgan fingerprint density at radius 3 is 1.75 bits per heavy atom. The molecule has 152 valence electrons. The third kappa shape index (κ3) is 4.18. The molecule has 0 aromatic heterocycles. The van der Waals surface area contributed by atoms with Crippen molar-refractivity contribution in [3.05, 3.63) is 59.7 Å². The number of benzene rings is 2. The molecule has 9 heteroatoms. The molecule has 28 heavy (non-hydrogen) atoms. The first-order chi connectivity index (χ1) is 13.2. The van der Waals surface area contributed by atoms with Crippen molar-refractivity contribution in [1.29, 1.82) is 0 Å². The molecule has 0 amide bonds. The lowest BCUT2D eigenvalue weighted by Gasteiger charge is -2.39. The maximum Gasteiger partial charge on any atom is 0.243 e. The second kappa shape index (κ2) is 8.23. The summed E-state index contributed by atoms with van der Waals surface area (Å²) in [5.41, 5.74) is 1.95. The maximum atomic E-state index is 13.1. The van der Waals surface area contributed by atoms with E-state index in [1.165, 1.54) is 8.61 Å². The molecule has 1 unspecified atom stereocenters. The largest absolute Gasteiger partial charge is 0.243 e. The van der Waals surface area contributed by atoms with Crippen LogP contribution >= 0.6 is 15.9 Å². The van der Waals surface area contributed by atoms with Crippen LogP contribution in [0.2, 0.25) is 0 Å². The Bertz CT molecular complexity index is 1040. The smallest absolute Gasteiger partial charge is 0.207 e. The van der Waals surface area contributed by atoms with Crippen LogP contribution in [0.15, 0.2) is 58.3 Å². The van der Waals surface area contributed by atoms with Crippen molar-refractivity contribution in [2.75, 3.05) is 25.0 Å². The molecule has 0 spiro atoms. The van der Waals surface area contributed by atoms with Crippen LogP contribution < -0.4 is 0 Å². The van der Waals surface area contributed by atoms with Crippen LogP contribution in [0.4, 0.5) is 0 Å². The summed E-state index contributed by atoms with van der Waals surface area (Å²) in [6.45, 7) is 4.12. The zero-order chi connectivity index (χ0) is 20.5. The van der Waals surface area contributed by atoms with Gasteiger partial charge in [-0.1, -0.05) is 51.3 Å². The number of nitrogens with zero attached hydrogens (tertiary/aromatic N) is 2. The highest BCUT2D eigenvalue weighted by Gasteiger charge is 2.39. The van der Waals surface area contributed by atoms with E-state index in [0.29, 0.717) is 5.33 Å². The lowest BCUT2D eigenvalue weighted by Crippen LogP contribution is -2.57. The Kier molecular flexibility index (Phi) is 6.31. The zero-order valence-corrected chi connectivity index (χ0v) is 19.0. The van der Waals surface area contributed by atoms with E-state index >= 15 is 0 Å². The summed E-state index contributed by atoms with van der Waals surface area (Å²) in [7, 11) is -7.37. The molecule has 0 aliphatic carbocycles. The second-order valence-electron chi connectivity index (χ2n) is 6.91. The van der Waals surface area contributed by atoms with Crippen molar-refractivity contribution in [3.8, 4) is 0 Å². The summed E-state index contributed by atoms with van der Waals surface area (Å²) in [6.07, 6.45) is 0. The Hall–Kier alpha value is -1.26. The van der Waals surface area contributed by atoms with E-state index < -0.39 is 26.1 Å². The van der Waals surface area contributed by atoms with Gasteiger partial charge in [-0.15, -0.1) is 0 Å². The Balaban J connectivity index is 1.85. The highest BCUT2D eigenvalue weighted by atomic mass is 79.9. The lowest BCUT2D eigenvalue weighted by molar-refractivity contribution is 0.216. The Morgan fingerprint density at radius 1 is 0.821 bits per heavy atom. The molecular weight excluding hydrogens is 464 g/mol. The van der Waals surface area contributed by atoms with Crippen LogP contribution in [0.25, 0.3) is 0 Å². The number of rotatable bonds is 5. The first kappa shape index (κ1) is 21.4. The second-order valence-corrected chi connectivity index (χ2v) is 11.4. The number of alkyl halides is 1. The van der Waals surface area contributed by atoms with Gasteiger partial charge in [-0.2, -0.15) is 8.61 Å². The molecule has 1 aliphatic rings. The molecule has 0 N–H and O–H groups in total. The summed E-state index contributed by atoms with van der Waals surface area (Å²) < 4.78 is 54.8. The van der Waals surface area contributed by atoms with Crippen LogP contribution in [0.1, 0.15) is 11.1 Å². The number of halogens is 1. The molecule has 2 aromatic rings. The number of piperazine rings is 1. The third-order valence-corrected chi connectivity index (χ3v) is 9.45. The molecule has 0 radical (unpaired) electrons. The molecule has 3 rings (SSSR count). The van der Waals surface area contributed by atoms with Crippen molar-refractivity contribution in [2.45, 2.75) is 29.7 Å². The van der Waals surface area contributed by atoms with Gasteiger partial charge < -0.3 is 0 Å². The molecule has 1 heterocycles. The summed E-state index contributed by atoms with van der Waals surface area (Å²) in [5.74, 6) is 0. The minimum atomic E-state index is -3.70. The molecule has 0 bridgehead atoms. The summed E-state index contributed by atoms with van der Waals surface area (Å²) in [5, 5.41) is 0.345. The molecule has 1 saturated heterocycles. The van der Waals surface area contributed by atoms with E-state index in [4.69, 9.17) is 0 Å². The van der Waals surface area contributed by atoms with Crippen LogP contribution in [-0.2, 0) is 20.0 Å². The van der Waals surface area contributed by atoms with Crippen LogP contribution in [0.5, 0.6) is 0 Å². The number of hydrogen-bond acceptors (Lipinski definition) is 4. The molecular formula is C19H23BrN2O4S2. The van der Waals surface area contributed by atoms with E-state index in [0.717, 1.165) is 11.1 Å². The minimum absolute atomic E-state index is 0.104. The van der Waals surface area contributed by atoms with Crippen molar-refractivity contribution in [2.24, 2.45) is 0 Å². The van der Waals surface area contributed by atoms with Crippen molar-refractivity contribution in [1.82, 2.24) is 8.61 Å². The van der Waals surface area contributed by atoms with Gasteiger partial charge in [0.15, 0.2) is 0 Å². The molecule has 0 saturated carbocycles. The topological polar surface area (TPSA) is 74.8 Å². The van der Waals surface area contributed by atoms with Crippen LogP contribution in [0, 0.1) is 13.8 Å². The first-order valence-electron chi connectivity index (χ1n) is 8.87. The van der Waals surface area contributed by atoms with Crippen LogP contribution in [-0.4, -0.2) is 56.5 Å². The molecule has 1 fully saturated rings. The Morgan fingerprint density at radius 2 is 1.29 bits per heavy atom. The van der Waals surface area contributed by atoms with E-state index in [9.17, 15) is 16.8 Å². The van der Waals surface area contributed by atoms with E-state index in [1.807, 2.05) is 13.8 Å². The fourth-order valence-electron chi connectivity index (χ4n) is 3.18. The van der Waals surface area contributed by atoms with Gasteiger partial charge >= 0.3 is 0 Å². The quantitative estimate of drug-likeness (QED) is 0.608. The highest BCUT2D eigenvalue weighted by molar-refractivity contribution is 9.09. The van der Waals surface area contributed by atoms with E-state index in [2.05, 4.69) is 15.9 Å². The van der Waals surface area contributed by atoms with Crippen LogP contribution in [0.3, 0.4) is 0 Å². The van der Waals surface area contributed by atoms with Gasteiger partial charge in [0.1, 0.15) is 0 Å². The average Bonchev–Trinajstić information content (AvgIpc) is 2.68. The standard InChI is InChI=1S/C19H23BrN2O4S2/c1-15-3-7-18(8-4-15)27(23,24)21-11-12-22(17(13-20)14-21)28(25,26)19-9-5-16(2)6-10-19/h3-10,17H,11-14H2,1-2H3. The van der Waals surface area contributed by atoms with Gasteiger partial charge in [0.2, 0.25) is 20.0 Å². The number of sulfonamides is 2. The van der Waals surface area contributed by atoms with Gasteiger partial charge in [-0.3, -0.25) is 0 Å². The Labute approximate surface area is 175 Å². The van der Waals surface area contributed by atoms with E-state index in [-0.39, 0.29) is 29.4 Å².